The van der Waals surface area contributed by atoms with E-state index in [1.54, 1.807) is 11.3 Å². The van der Waals surface area contributed by atoms with Crippen LogP contribution in [-0.2, 0) is 4.79 Å². The minimum atomic E-state index is -0.450. The number of benzene rings is 1. The van der Waals surface area contributed by atoms with Crippen LogP contribution in [0.25, 0.3) is 5.00 Å². The first-order valence-electron chi connectivity index (χ1n) is 10.2. The molecule has 162 valence electrons. The van der Waals surface area contributed by atoms with Crippen molar-refractivity contribution in [1.29, 1.82) is 0 Å². The third kappa shape index (κ3) is 4.16. The highest BCUT2D eigenvalue weighted by molar-refractivity contribution is 7.15. The molecule has 3 aromatic rings. The maximum atomic E-state index is 12.8. The molecule has 31 heavy (non-hydrogen) atoms. The summed E-state index contributed by atoms with van der Waals surface area (Å²) in [5, 5.41) is 13.5. The zero-order chi connectivity index (χ0) is 22.5. The van der Waals surface area contributed by atoms with E-state index in [9.17, 15) is 4.79 Å². The first kappa shape index (κ1) is 21.7. The fourth-order valence-electron chi connectivity index (χ4n) is 3.78. The molecule has 1 aliphatic heterocycles. The first-order chi connectivity index (χ1) is 14.5. The van der Waals surface area contributed by atoms with Crippen molar-refractivity contribution in [1.82, 2.24) is 20.1 Å². The number of carbonyl (C=O) groups is 1. The number of halogens is 1. The van der Waals surface area contributed by atoms with Gasteiger partial charge in [0.1, 0.15) is 16.9 Å². The molecular weight excluding hydrogens is 430 g/mol. The van der Waals surface area contributed by atoms with Crippen LogP contribution in [0.5, 0.6) is 0 Å². The van der Waals surface area contributed by atoms with Crippen molar-refractivity contribution in [3.63, 3.8) is 0 Å². The average molecular weight is 456 g/mol. The number of fused-ring (bicyclic) bond motifs is 3. The van der Waals surface area contributed by atoms with Crippen LogP contribution in [0.3, 0.4) is 0 Å². The Labute approximate surface area is 191 Å². The number of hydrogen-bond donors (Lipinski definition) is 1. The lowest BCUT2D eigenvalue weighted by Gasteiger charge is -2.21. The van der Waals surface area contributed by atoms with Crippen molar-refractivity contribution in [3.05, 3.63) is 62.5 Å². The molecule has 1 atom stereocenters. The predicted molar refractivity (Wildman–Crippen MR) is 126 cm³/mol. The van der Waals surface area contributed by atoms with Gasteiger partial charge in [-0.1, -0.05) is 23.7 Å². The van der Waals surface area contributed by atoms with Crippen LogP contribution in [0.15, 0.2) is 29.3 Å². The van der Waals surface area contributed by atoms with Gasteiger partial charge in [0.05, 0.1) is 12.1 Å². The lowest BCUT2D eigenvalue weighted by Crippen LogP contribution is -2.41. The lowest BCUT2D eigenvalue weighted by atomic mass is 9.99. The highest BCUT2D eigenvalue weighted by Gasteiger charge is 2.32. The minimum absolute atomic E-state index is 0.0675. The Kier molecular flexibility index (Phi) is 5.52. The Hall–Kier alpha value is -2.51. The van der Waals surface area contributed by atoms with E-state index in [-0.39, 0.29) is 17.9 Å². The second kappa shape index (κ2) is 7.88. The molecule has 1 aliphatic rings. The Morgan fingerprint density at radius 3 is 2.48 bits per heavy atom. The van der Waals surface area contributed by atoms with E-state index in [2.05, 4.69) is 33.9 Å². The van der Waals surface area contributed by atoms with Crippen LogP contribution >= 0.6 is 22.9 Å². The van der Waals surface area contributed by atoms with Crippen LogP contribution < -0.4 is 5.32 Å². The smallest absolute Gasteiger partial charge is 0.223 e. The van der Waals surface area contributed by atoms with E-state index >= 15 is 0 Å². The van der Waals surface area contributed by atoms with Gasteiger partial charge in [-0.3, -0.25) is 14.4 Å². The zero-order valence-electron chi connectivity index (χ0n) is 18.6. The molecule has 0 saturated carbocycles. The standard InChI is InChI=1S/C23H26ClN5OS/c1-12-13(2)31-22-19(12)20(15-7-9-16(24)10-8-15)25-17(11-18(30)26-23(4,5)6)21-28-27-14(3)29(21)22/h7-10,17H,11H2,1-6H3,(H,26,30). The number of aliphatic imine (C=N–C) groups is 1. The van der Waals surface area contributed by atoms with Gasteiger partial charge in [-0.2, -0.15) is 0 Å². The molecule has 0 bridgehead atoms. The summed E-state index contributed by atoms with van der Waals surface area (Å²) in [6, 6.07) is 7.23. The summed E-state index contributed by atoms with van der Waals surface area (Å²) in [7, 11) is 0. The van der Waals surface area contributed by atoms with E-state index in [4.69, 9.17) is 16.6 Å². The molecule has 1 aromatic carbocycles. The monoisotopic (exact) mass is 455 g/mol. The number of carbonyl (C=O) groups excluding carboxylic acids is 1. The Bertz CT molecular complexity index is 1180. The summed E-state index contributed by atoms with van der Waals surface area (Å²) in [6.07, 6.45) is 0.194. The normalized spacial score (nSPS) is 15.7. The van der Waals surface area contributed by atoms with Gasteiger partial charge < -0.3 is 5.32 Å². The molecule has 1 N–H and O–H groups in total. The lowest BCUT2D eigenvalue weighted by molar-refractivity contribution is -0.122. The topological polar surface area (TPSA) is 72.2 Å². The summed E-state index contributed by atoms with van der Waals surface area (Å²) in [5.41, 5.74) is 3.73. The molecule has 2 aromatic heterocycles. The second-order valence-electron chi connectivity index (χ2n) is 8.91. The molecule has 0 spiro atoms. The van der Waals surface area contributed by atoms with Crippen molar-refractivity contribution in [3.8, 4) is 5.00 Å². The molecule has 1 unspecified atom stereocenters. The molecule has 3 heterocycles. The molecule has 4 rings (SSSR count). The van der Waals surface area contributed by atoms with Crippen molar-refractivity contribution in [2.45, 2.75) is 59.5 Å². The SMILES string of the molecule is Cc1sc2c(c1C)C(c1ccc(Cl)cc1)=NC(CC(=O)NC(C)(C)C)c1nnc(C)n1-2. The Morgan fingerprint density at radius 1 is 1.16 bits per heavy atom. The zero-order valence-corrected chi connectivity index (χ0v) is 20.1. The Morgan fingerprint density at radius 2 is 1.84 bits per heavy atom. The maximum Gasteiger partial charge on any atom is 0.223 e. The Balaban J connectivity index is 1.91. The highest BCUT2D eigenvalue weighted by Crippen LogP contribution is 2.39. The summed E-state index contributed by atoms with van der Waals surface area (Å²) < 4.78 is 2.06. The molecular formula is C23H26ClN5OS. The molecule has 8 heteroatoms. The summed E-state index contributed by atoms with van der Waals surface area (Å²) in [6.45, 7) is 12.1. The van der Waals surface area contributed by atoms with Crippen molar-refractivity contribution in [2.75, 3.05) is 0 Å². The van der Waals surface area contributed by atoms with Crippen molar-refractivity contribution < 1.29 is 4.79 Å². The fourth-order valence-corrected chi connectivity index (χ4v) is 5.12. The molecule has 0 aliphatic carbocycles. The van der Waals surface area contributed by atoms with Gasteiger partial charge in [-0.15, -0.1) is 21.5 Å². The van der Waals surface area contributed by atoms with E-state index in [1.807, 2.05) is 52.0 Å². The van der Waals surface area contributed by atoms with Crippen LogP contribution in [0, 0.1) is 20.8 Å². The second-order valence-corrected chi connectivity index (χ2v) is 10.5. The van der Waals surface area contributed by atoms with Gasteiger partial charge >= 0.3 is 0 Å². The summed E-state index contributed by atoms with van der Waals surface area (Å²) in [4.78, 5) is 19.2. The number of aromatic nitrogens is 3. The van der Waals surface area contributed by atoms with Gasteiger partial charge in [0.2, 0.25) is 5.91 Å². The molecule has 6 nitrogen and oxygen atoms in total. The van der Waals surface area contributed by atoms with Crippen molar-refractivity contribution >= 4 is 34.6 Å². The predicted octanol–water partition coefficient (Wildman–Crippen LogP) is 5.10. The van der Waals surface area contributed by atoms with Gasteiger partial charge in [0.15, 0.2) is 5.82 Å². The van der Waals surface area contributed by atoms with Crippen LogP contribution in [0.1, 0.15) is 66.5 Å². The van der Waals surface area contributed by atoms with Crippen LogP contribution in [-0.4, -0.2) is 31.9 Å². The third-order valence-electron chi connectivity index (χ3n) is 5.25. The number of aryl methyl sites for hydroxylation is 2. The average Bonchev–Trinajstić information content (AvgIpc) is 3.14. The quantitative estimate of drug-likeness (QED) is 0.596. The van der Waals surface area contributed by atoms with Crippen molar-refractivity contribution in [2.24, 2.45) is 4.99 Å². The van der Waals surface area contributed by atoms with Gasteiger partial charge in [0.25, 0.3) is 0 Å². The molecule has 0 saturated heterocycles. The third-order valence-corrected chi connectivity index (χ3v) is 6.69. The van der Waals surface area contributed by atoms with Gasteiger partial charge in [0, 0.05) is 26.6 Å². The van der Waals surface area contributed by atoms with E-state index in [1.165, 1.54) is 10.4 Å². The minimum Gasteiger partial charge on any atom is -0.351 e. The largest absolute Gasteiger partial charge is 0.351 e. The summed E-state index contributed by atoms with van der Waals surface area (Å²) >= 11 is 7.84. The van der Waals surface area contributed by atoms with E-state index < -0.39 is 6.04 Å². The number of rotatable bonds is 3. The fraction of sp³-hybridized carbons (Fsp3) is 0.391. The number of nitrogens with zero attached hydrogens (tertiary/aromatic N) is 4. The van der Waals surface area contributed by atoms with E-state index in [0.717, 1.165) is 27.7 Å². The first-order valence-corrected chi connectivity index (χ1v) is 11.4. The number of nitrogens with one attached hydrogen (secondary N) is 1. The van der Waals surface area contributed by atoms with E-state index in [0.29, 0.717) is 10.8 Å². The van der Waals surface area contributed by atoms with Gasteiger partial charge in [-0.25, -0.2) is 0 Å². The van der Waals surface area contributed by atoms with Crippen LogP contribution in [0.4, 0.5) is 0 Å². The summed E-state index contributed by atoms with van der Waals surface area (Å²) in [5.74, 6) is 1.40. The van der Waals surface area contributed by atoms with Gasteiger partial charge in [-0.05, 0) is 59.2 Å². The molecule has 1 amide bonds. The number of thiophene rings is 1. The molecule has 0 radical (unpaired) electrons. The highest BCUT2D eigenvalue weighted by atomic mass is 35.5. The van der Waals surface area contributed by atoms with Crippen LogP contribution in [0.2, 0.25) is 5.02 Å². The number of hydrogen-bond acceptors (Lipinski definition) is 5. The number of amides is 1. The molecule has 0 fully saturated rings. The maximum absolute atomic E-state index is 12.8.